The molecular formula is C18H22N4O2. The number of benzene rings is 1. The summed E-state index contributed by atoms with van der Waals surface area (Å²) in [5.74, 6) is 1.62. The van der Waals surface area contributed by atoms with E-state index >= 15 is 0 Å². The van der Waals surface area contributed by atoms with Crippen molar-refractivity contribution in [3.63, 3.8) is 0 Å². The number of hydrogen-bond acceptors (Lipinski definition) is 4. The average Bonchev–Trinajstić information content (AvgIpc) is 3.40. The third-order valence-corrected chi connectivity index (χ3v) is 4.83. The maximum absolute atomic E-state index is 12.8. The molecule has 1 atom stereocenters. The number of aliphatic hydroxyl groups excluding tert-OH is 1. The van der Waals surface area contributed by atoms with E-state index in [-0.39, 0.29) is 24.3 Å². The van der Waals surface area contributed by atoms with Crippen molar-refractivity contribution in [2.45, 2.75) is 31.6 Å². The summed E-state index contributed by atoms with van der Waals surface area (Å²) < 4.78 is 1.82. The number of aliphatic hydroxyl groups is 1. The summed E-state index contributed by atoms with van der Waals surface area (Å²) in [6, 6.07) is 9.86. The first kappa shape index (κ1) is 15.3. The van der Waals surface area contributed by atoms with Crippen molar-refractivity contribution in [1.82, 2.24) is 19.7 Å². The highest BCUT2D eigenvalue weighted by molar-refractivity contribution is 5.90. The SMILES string of the molecule is O=C(c1nc(C2CC2)n(-c2ccccc2)n1)N1CCCC(CO)C1. The zero-order chi connectivity index (χ0) is 16.5. The van der Waals surface area contributed by atoms with Crippen molar-refractivity contribution in [3.8, 4) is 5.69 Å². The van der Waals surface area contributed by atoms with Crippen LogP contribution in [0.2, 0.25) is 0 Å². The lowest BCUT2D eigenvalue weighted by atomic mass is 9.99. The molecule has 6 heteroatoms. The van der Waals surface area contributed by atoms with Gasteiger partial charge in [0.1, 0.15) is 5.82 Å². The number of para-hydroxylation sites is 1. The van der Waals surface area contributed by atoms with Gasteiger partial charge < -0.3 is 10.0 Å². The van der Waals surface area contributed by atoms with E-state index in [1.165, 1.54) is 0 Å². The molecule has 6 nitrogen and oxygen atoms in total. The van der Waals surface area contributed by atoms with Crippen LogP contribution in [0.15, 0.2) is 30.3 Å². The Bertz CT molecular complexity index is 724. The molecule has 24 heavy (non-hydrogen) atoms. The van der Waals surface area contributed by atoms with Crippen molar-refractivity contribution in [2.24, 2.45) is 5.92 Å². The van der Waals surface area contributed by atoms with E-state index in [1.807, 2.05) is 35.0 Å². The molecule has 1 aromatic carbocycles. The highest BCUT2D eigenvalue weighted by atomic mass is 16.3. The molecule has 2 aromatic rings. The zero-order valence-electron chi connectivity index (χ0n) is 13.6. The Morgan fingerprint density at radius 3 is 2.71 bits per heavy atom. The second-order valence-electron chi connectivity index (χ2n) is 6.76. The lowest BCUT2D eigenvalue weighted by Gasteiger charge is -2.30. The number of carbonyl (C=O) groups excluding carboxylic acids is 1. The third kappa shape index (κ3) is 2.94. The van der Waals surface area contributed by atoms with Crippen LogP contribution < -0.4 is 0 Å². The average molecular weight is 326 g/mol. The van der Waals surface area contributed by atoms with Gasteiger partial charge in [-0.15, -0.1) is 5.10 Å². The summed E-state index contributed by atoms with van der Waals surface area (Å²) in [7, 11) is 0. The number of likely N-dealkylation sites (tertiary alicyclic amines) is 1. The molecule has 2 fully saturated rings. The number of nitrogens with zero attached hydrogens (tertiary/aromatic N) is 4. The molecule has 1 amide bonds. The Labute approximate surface area is 141 Å². The van der Waals surface area contributed by atoms with Crippen LogP contribution in [0.1, 0.15) is 48.0 Å². The molecule has 1 aromatic heterocycles. The van der Waals surface area contributed by atoms with Gasteiger partial charge in [-0.1, -0.05) is 18.2 Å². The summed E-state index contributed by atoms with van der Waals surface area (Å²) >= 11 is 0. The Morgan fingerprint density at radius 1 is 1.21 bits per heavy atom. The fourth-order valence-corrected chi connectivity index (χ4v) is 3.32. The van der Waals surface area contributed by atoms with Gasteiger partial charge in [0.2, 0.25) is 5.82 Å². The van der Waals surface area contributed by atoms with Crippen molar-refractivity contribution in [2.75, 3.05) is 19.7 Å². The van der Waals surface area contributed by atoms with Crippen LogP contribution in [-0.2, 0) is 0 Å². The number of carbonyl (C=O) groups is 1. The van der Waals surface area contributed by atoms with E-state index in [0.29, 0.717) is 19.0 Å². The molecule has 1 aliphatic carbocycles. The number of piperidine rings is 1. The van der Waals surface area contributed by atoms with Gasteiger partial charge in [-0.3, -0.25) is 4.79 Å². The molecule has 1 N–H and O–H groups in total. The minimum Gasteiger partial charge on any atom is -0.396 e. The van der Waals surface area contributed by atoms with E-state index < -0.39 is 0 Å². The maximum Gasteiger partial charge on any atom is 0.293 e. The first-order valence-corrected chi connectivity index (χ1v) is 8.69. The normalized spacial score (nSPS) is 21.0. The van der Waals surface area contributed by atoms with Gasteiger partial charge >= 0.3 is 0 Å². The van der Waals surface area contributed by atoms with Crippen LogP contribution >= 0.6 is 0 Å². The lowest BCUT2D eigenvalue weighted by Crippen LogP contribution is -2.41. The van der Waals surface area contributed by atoms with Crippen molar-refractivity contribution in [1.29, 1.82) is 0 Å². The largest absolute Gasteiger partial charge is 0.396 e. The Morgan fingerprint density at radius 2 is 2.00 bits per heavy atom. The van der Waals surface area contributed by atoms with E-state index in [1.54, 1.807) is 4.90 Å². The monoisotopic (exact) mass is 326 g/mol. The van der Waals surface area contributed by atoms with Crippen LogP contribution in [0, 0.1) is 5.92 Å². The van der Waals surface area contributed by atoms with Gasteiger partial charge in [-0.25, -0.2) is 9.67 Å². The Hall–Kier alpha value is -2.21. The predicted octanol–water partition coefficient (Wildman–Crippen LogP) is 1.99. The highest BCUT2D eigenvalue weighted by Gasteiger charge is 2.33. The molecular weight excluding hydrogens is 304 g/mol. The number of hydrogen-bond donors (Lipinski definition) is 1. The van der Waals surface area contributed by atoms with Crippen LogP contribution in [0.25, 0.3) is 5.69 Å². The zero-order valence-corrected chi connectivity index (χ0v) is 13.6. The van der Waals surface area contributed by atoms with E-state index in [0.717, 1.165) is 37.2 Å². The topological polar surface area (TPSA) is 71.2 Å². The molecule has 0 radical (unpaired) electrons. The first-order valence-electron chi connectivity index (χ1n) is 8.69. The van der Waals surface area contributed by atoms with Crippen molar-refractivity contribution < 1.29 is 9.90 Å². The fourth-order valence-electron chi connectivity index (χ4n) is 3.32. The molecule has 1 saturated carbocycles. The standard InChI is InChI=1S/C18H22N4O2/c23-12-13-5-4-10-21(11-13)18(24)16-19-17(14-8-9-14)22(20-16)15-6-2-1-3-7-15/h1-3,6-7,13-14,23H,4-5,8-12H2. The van der Waals surface area contributed by atoms with Crippen LogP contribution in [0.4, 0.5) is 0 Å². The van der Waals surface area contributed by atoms with Crippen LogP contribution in [0.5, 0.6) is 0 Å². The van der Waals surface area contributed by atoms with E-state index in [4.69, 9.17) is 0 Å². The third-order valence-electron chi connectivity index (χ3n) is 4.83. The van der Waals surface area contributed by atoms with Crippen molar-refractivity contribution in [3.05, 3.63) is 42.0 Å². The molecule has 0 spiro atoms. The van der Waals surface area contributed by atoms with Crippen LogP contribution in [0.3, 0.4) is 0 Å². The Kier molecular flexibility index (Phi) is 4.06. The fraction of sp³-hybridized carbons (Fsp3) is 0.500. The molecule has 2 heterocycles. The number of aromatic nitrogens is 3. The predicted molar refractivity (Wildman–Crippen MR) is 89.0 cm³/mol. The summed E-state index contributed by atoms with van der Waals surface area (Å²) in [6.45, 7) is 1.44. The molecule has 1 aliphatic heterocycles. The second-order valence-corrected chi connectivity index (χ2v) is 6.76. The Balaban J connectivity index is 1.63. The van der Waals surface area contributed by atoms with Gasteiger partial charge in [0, 0.05) is 25.6 Å². The maximum atomic E-state index is 12.8. The van der Waals surface area contributed by atoms with Crippen molar-refractivity contribution >= 4 is 5.91 Å². The summed E-state index contributed by atoms with van der Waals surface area (Å²) in [5.41, 5.74) is 0.942. The molecule has 0 bridgehead atoms. The molecule has 4 rings (SSSR count). The molecule has 2 aliphatic rings. The van der Waals surface area contributed by atoms with Gasteiger partial charge in [0.15, 0.2) is 0 Å². The van der Waals surface area contributed by atoms with Gasteiger partial charge in [-0.2, -0.15) is 0 Å². The highest BCUT2D eigenvalue weighted by Crippen LogP contribution is 2.39. The van der Waals surface area contributed by atoms with Crippen LogP contribution in [-0.4, -0.2) is 50.4 Å². The quantitative estimate of drug-likeness (QED) is 0.933. The van der Waals surface area contributed by atoms with E-state index in [9.17, 15) is 9.90 Å². The van der Waals surface area contributed by atoms with E-state index in [2.05, 4.69) is 10.1 Å². The molecule has 1 unspecified atom stereocenters. The summed E-state index contributed by atoms with van der Waals surface area (Å²) in [6.07, 6.45) is 4.11. The lowest BCUT2D eigenvalue weighted by molar-refractivity contribution is 0.0609. The summed E-state index contributed by atoms with van der Waals surface area (Å²) in [4.78, 5) is 19.2. The number of amides is 1. The minimum absolute atomic E-state index is 0.121. The smallest absolute Gasteiger partial charge is 0.293 e. The molecule has 126 valence electrons. The minimum atomic E-state index is -0.121. The molecule has 1 saturated heterocycles. The first-order chi connectivity index (χ1) is 11.8. The van der Waals surface area contributed by atoms with Gasteiger partial charge in [0.25, 0.3) is 5.91 Å². The van der Waals surface area contributed by atoms with Gasteiger partial charge in [-0.05, 0) is 43.7 Å². The summed E-state index contributed by atoms with van der Waals surface area (Å²) in [5, 5.41) is 13.9. The number of rotatable bonds is 4. The second kappa shape index (κ2) is 6.36. The van der Waals surface area contributed by atoms with Gasteiger partial charge in [0.05, 0.1) is 5.69 Å².